The van der Waals surface area contributed by atoms with Crippen LogP contribution in [-0.2, 0) is 11.3 Å². The molecule has 2 aliphatic heterocycles. The van der Waals surface area contributed by atoms with Crippen molar-refractivity contribution in [1.82, 2.24) is 15.2 Å². The maximum atomic E-state index is 11.4. The van der Waals surface area contributed by atoms with Crippen molar-refractivity contribution < 1.29 is 4.79 Å². The molecule has 1 atom stereocenters. The van der Waals surface area contributed by atoms with Crippen LogP contribution < -0.4 is 5.32 Å². The number of hydrogen-bond acceptors (Lipinski definition) is 4. The van der Waals surface area contributed by atoms with Crippen LogP contribution in [0.5, 0.6) is 0 Å². The number of carbonyl (C=O) groups excluding carboxylic acids is 1. The summed E-state index contributed by atoms with van der Waals surface area (Å²) >= 11 is 1.72. The molecule has 1 spiro atoms. The summed E-state index contributed by atoms with van der Waals surface area (Å²) in [6.45, 7) is 3.15. The van der Waals surface area contributed by atoms with E-state index in [4.69, 9.17) is 0 Å². The summed E-state index contributed by atoms with van der Waals surface area (Å²) in [5.41, 5.74) is 0.106. The van der Waals surface area contributed by atoms with Crippen LogP contribution in [0.15, 0.2) is 11.6 Å². The summed E-state index contributed by atoms with van der Waals surface area (Å²) in [5, 5.41) is 6.44. The topological polar surface area (TPSA) is 45.2 Å². The first-order valence-corrected chi connectivity index (χ1v) is 7.56. The average molecular weight is 265 g/mol. The van der Waals surface area contributed by atoms with Gasteiger partial charge in [0.2, 0.25) is 5.91 Å². The molecule has 18 heavy (non-hydrogen) atoms. The second-order valence-electron chi connectivity index (χ2n) is 5.38. The minimum Gasteiger partial charge on any atom is -0.351 e. The molecule has 2 aliphatic rings. The summed E-state index contributed by atoms with van der Waals surface area (Å²) in [7, 11) is 0. The quantitative estimate of drug-likeness (QED) is 0.886. The van der Waals surface area contributed by atoms with E-state index in [-0.39, 0.29) is 11.4 Å². The van der Waals surface area contributed by atoms with Gasteiger partial charge < -0.3 is 5.32 Å². The van der Waals surface area contributed by atoms with E-state index in [1.54, 1.807) is 11.3 Å². The van der Waals surface area contributed by atoms with Crippen molar-refractivity contribution in [2.24, 2.45) is 0 Å². The molecular formula is C13H19N3OS. The molecule has 4 nitrogen and oxygen atoms in total. The van der Waals surface area contributed by atoms with Gasteiger partial charge in [-0.15, -0.1) is 11.3 Å². The van der Waals surface area contributed by atoms with Gasteiger partial charge in [0.15, 0.2) is 0 Å². The predicted octanol–water partition coefficient (Wildman–Crippen LogP) is 1.78. The predicted molar refractivity (Wildman–Crippen MR) is 71.3 cm³/mol. The Labute approximate surface area is 111 Å². The lowest BCUT2D eigenvalue weighted by atomic mass is 9.89. The first kappa shape index (κ1) is 12.1. The molecular weight excluding hydrogens is 246 g/mol. The number of aromatic nitrogens is 1. The third-order valence-electron chi connectivity index (χ3n) is 4.11. The zero-order valence-electron chi connectivity index (χ0n) is 10.5. The van der Waals surface area contributed by atoms with Crippen molar-refractivity contribution in [3.05, 3.63) is 16.6 Å². The van der Waals surface area contributed by atoms with Crippen LogP contribution in [0.1, 0.15) is 37.1 Å². The smallest absolute Gasteiger partial charge is 0.220 e. The summed E-state index contributed by atoms with van der Waals surface area (Å²) in [6.07, 6.45) is 7.00. The van der Waals surface area contributed by atoms with E-state index < -0.39 is 0 Å². The highest BCUT2D eigenvalue weighted by Gasteiger charge is 2.38. The van der Waals surface area contributed by atoms with Crippen molar-refractivity contribution in [1.29, 1.82) is 0 Å². The van der Waals surface area contributed by atoms with Gasteiger partial charge in [0.05, 0.1) is 6.54 Å². The Morgan fingerprint density at radius 3 is 3.06 bits per heavy atom. The summed E-state index contributed by atoms with van der Waals surface area (Å²) in [4.78, 5) is 18.3. The minimum atomic E-state index is 0.106. The number of hydrogen-bond donors (Lipinski definition) is 1. The van der Waals surface area contributed by atoms with Crippen molar-refractivity contribution in [2.75, 3.05) is 13.1 Å². The minimum absolute atomic E-state index is 0.106. The van der Waals surface area contributed by atoms with E-state index >= 15 is 0 Å². The van der Waals surface area contributed by atoms with E-state index in [0.717, 1.165) is 38.9 Å². The van der Waals surface area contributed by atoms with Gasteiger partial charge in [0.1, 0.15) is 5.01 Å². The lowest BCUT2D eigenvalue weighted by Gasteiger charge is -2.27. The first-order chi connectivity index (χ1) is 8.76. The highest BCUT2D eigenvalue weighted by molar-refractivity contribution is 7.09. The van der Waals surface area contributed by atoms with E-state index in [0.29, 0.717) is 6.42 Å². The standard InChI is InChI=1S/C13H19N3OS/c17-11-2-4-13(15-11)3-1-7-16(8-5-13)10-12-14-6-9-18-12/h6,9H,1-5,7-8,10H2,(H,15,17). The Morgan fingerprint density at radius 2 is 2.33 bits per heavy atom. The highest BCUT2D eigenvalue weighted by atomic mass is 32.1. The Kier molecular flexibility index (Phi) is 3.35. The van der Waals surface area contributed by atoms with Crippen molar-refractivity contribution in [3.8, 4) is 0 Å². The van der Waals surface area contributed by atoms with E-state index in [9.17, 15) is 4.79 Å². The van der Waals surface area contributed by atoms with Crippen molar-refractivity contribution in [3.63, 3.8) is 0 Å². The number of nitrogens with one attached hydrogen (secondary N) is 1. The molecule has 0 bridgehead atoms. The molecule has 5 heteroatoms. The van der Waals surface area contributed by atoms with Crippen LogP contribution in [0, 0.1) is 0 Å². The normalized spacial score (nSPS) is 29.4. The molecule has 98 valence electrons. The second-order valence-corrected chi connectivity index (χ2v) is 6.36. The van der Waals surface area contributed by atoms with Gasteiger partial charge >= 0.3 is 0 Å². The van der Waals surface area contributed by atoms with E-state index in [1.807, 2.05) is 11.6 Å². The SMILES string of the molecule is O=C1CCC2(CCCN(Cc3nccs3)CC2)N1. The molecule has 1 aromatic rings. The summed E-state index contributed by atoms with van der Waals surface area (Å²) in [5.74, 6) is 0.239. The molecule has 3 rings (SSSR count). The fourth-order valence-electron chi connectivity index (χ4n) is 3.08. The van der Waals surface area contributed by atoms with Gasteiger partial charge in [-0.2, -0.15) is 0 Å². The van der Waals surface area contributed by atoms with Crippen LogP contribution in [0.25, 0.3) is 0 Å². The third kappa shape index (κ3) is 2.57. The highest BCUT2D eigenvalue weighted by Crippen LogP contribution is 2.31. The zero-order chi connectivity index (χ0) is 12.4. The second kappa shape index (κ2) is 4.97. The Balaban J connectivity index is 1.60. The van der Waals surface area contributed by atoms with Crippen LogP contribution in [0.2, 0.25) is 0 Å². The first-order valence-electron chi connectivity index (χ1n) is 6.68. The Morgan fingerprint density at radius 1 is 1.39 bits per heavy atom. The molecule has 3 heterocycles. The van der Waals surface area contributed by atoms with Crippen LogP contribution in [0.3, 0.4) is 0 Å². The van der Waals surface area contributed by atoms with Crippen LogP contribution >= 0.6 is 11.3 Å². The Hall–Kier alpha value is -0.940. The molecule has 2 saturated heterocycles. The lowest BCUT2D eigenvalue weighted by Crippen LogP contribution is -2.42. The molecule has 0 aromatic carbocycles. The van der Waals surface area contributed by atoms with E-state index in [1.165, 1.54) is 11.4 Å². The third-order valence-corrected chi connectivity index (χ3v) is 4.88. The number of likely N-dealkylation sites (tertiary alicyclic amines) is 1. The number of nitrogens with zero attached hydrogens (tertiary/aromatic N) is 2. The van der Waals surface area contributed by atoms with Crippen molar-refractivity contribution in [2.45, 2.75) is 44.2 Å². The number of thiazole rings is 1. The van der Waals surface area contributed by atoms with Crippen LogP contribution in [-0.4, -0.2) is 34.4 Å². The molecule has 2 fully saturated rings. The van der Waals surface area contributed by atoms with Crippen molar-refractivity contribution >= 4 is 17.2 Å². The zero-order valence-corrected chi connectivity index (χ0v) is 11.3. The maximum absolute atomic E-state index is 11.4. The molecule has 1 unspecified atom stereocenters. The van der Waals surface area contributed by atoms with Gasteiger partial charge in [-0.25, -0.2) is 4.98 Å². The fourth-order valence-corrected chi connectivity index (χ4v) is 3.74. The number of carbonyl (C=O) groups is 1. The summed E-state index contributed by atoms with van der Waals surface area (Å²) < 4.78 is 0. The van der Waals surface area contributed by atoms with Gasteiger partial charge in [0.25, 0.3) is 0 Å². The van der Waals surface area contributed by atoms with Crippen LogP contribution in [0.4, 0.5) is 0 Å². The summed E-state index contributed by atoms with van der Waals surface area (Å²) in [6, 6.07) is 0. The molecule has 1 amide bonds. The molecule has 0 saturated carbocycles. The van der Waals surface area contributed by atoms with Gasteiger partial charge in [-0.3, -0.25) is 9.69 Å². The molecule has 1 N–H and O–H groups in total. The monoisotopic (exact) mass is 265 g/mol. The number of amides is 1. The molecule has 1 aromatic heterocycles. The average Bonchev–Trinajstić information content (AvgIpc) is 2.92. The molecule has 0 aliphatic carbocycles. The maximum Gasteiger partial charge on any atom is 0.220 e. The molecule has 0 radical (unpaired) electrons. The Bertz CT molecular complexity index is 420. The van der Waals surface area contributed by atoms with E-state index in [2.05, 4.69) is 15.2 Å². The largest absolute Gasteiger partial charge is 0.351 e. The number of rotatable bonds is 2. The fraction of sp³-hybridized carbons (Fsp3) is 0.692. The van der Waals surface area contributed by atoms with Gasteiger partial charge in [-0.05, 0) is 32.2 Å². The lowest BCUT2D eigenvalue weighted by molar-refractivity contribution is -0.119. The van der Waals surface area contributed by atoms with Gasteiger partial charge in [-0.1, -0.05) is 0 Å². The van der Waals surface area contributed by atoms with Gasteiger partial charge in [0, 0.05) is 30.1 Å².